The van der Waals surface area contributed by atoms with Crippen LogP contribution in [0.4, 0.5) is 0 Å². The van der Waals surface area contributed by atoms with Crippen LogP contribution < -0.4 is 0 Å². The number of hydrogen-bond acceptors (Lipinski definition) is 2. The summed E-state index contributed by atoms with van der Waals surface area (Å²) in [5.74, 6) is 0.455. The largest absolute Gasteiger partial charge is 0.469 e. The molecule has 1 rings (SSSR count). The van der Waals surface area contributed by atoms with Gasteiger partial charge in [-0.25, -0.2) is 0 Å². The molecular formula is C16H23ClO2. The standard InChI is InChI=1S/C16H23ClO2/c1-12(2)11-15(17)14-9-7-13(8-10-14)5-4-6-16(18)19-3/h7-10,12,15H,4-6,11H2,1-3H3. The average molecular weight is 283 g/mol. The molecule has 0 N–H and O–H groups in total. The Morgan fingerprint density at radius 1 is 1.26 bits per heavy atom. The first-order valence-electron chi connectivity index (χ1n) is 6.82. The molecule has 0 aliphatic rings. The molecule has 1 aromatic carbocycles. The molecule has 0 radical (unpaired) electrons. The average Bonchev–Trinajstić information content (AvgIpc) is 2.38. The van der Waals surface area contributed by atoms with E-state index in [4.69, 9.17) is 11.6 Å². The molecule has 0 aliphatic heterocycles. The van der Waals surface area contributed by atoms with Crippen molar-refractivity contribution >= 4 is 17.6 Å². The number of ether oxygens (including phenoxy) is 1. The van der Waals surface area contributed by atoms with E-state index in [-0.39, 0.29) is 11.3 Å². The quantitative estimate of drug-likeness (QED) is 0.543. The van der Waals surface area contributed by atoms with Crippen molar-refractivity contribution in [3.8, 4) is 0 Å². The van der Waals surface area contributed by atoms with E-state index in [2.05, 4.69) is 42.8 Å². The van der Waals surface area contributed by atoms with E-state index in [1.807, 2.05) is 0 Å². The first-order chi connectivity index (χ1) is 9.02. The van der Waals surface area contributed by atoms with Gasteiger partial charge in [0, 0.05) is 6.42 Å². The van der Waals surface area contributed by atoms with Gasteiger partial charge in [0.2, 0.25) is 0 Å². The summed E-state index contributed by atoms with van der Waals surface area (Å²) >= 11 is 6.36. The number of carbonyl (C=O) groups excluding carboxylic acids is 1. The predicted molar refractivity (Wildman–Crippen MR) is 79.4 cm³/mol. The number of methoxy groups -OCH3 is 1. The molecule has 3 heteroatoms. The van der Waals surface area contributed by atoms with Crippen LogP contribution in [-0.2, 0) is 16.0 Å². The Balaban J connectivity index is 2.45. The fourth-order valence-electron chi connectivity index (χ4n) is 1.98. The molecule has 0 amide bonds. The third-order valence-corrected chi connectivity index (χ3v) is 3.52. The lowest BCUT2D eigenvalue weighted by Crippen LogP contribution is -2.00. The minimum absolute atomic E-state index is 0.0871. The second-order valence-electron chi connectivity index (χ2n) is 5.27. The highest BCUT2D eigenvalue weighted by molar-refractivity contribution is 6.20. The molecule has 0 aromatic heterocycles. The van der Waals surface area contributed by atoms with Crippen molar-refractivity contribution in [1.82, 2.24) is 0 Å². The van der Waals surface area contributed by atoms with E-state index in [0.29, 0.717) is 12.3 Å². The topological polar surface area (TPSA) is 26.3 Å². The number of aryl methyl sites for hydroxylation is 1. The maximum atomic E-state index is 11.0. The van der Waals surface area contributed by atoms with Crippen LogP contribution in [-0.4, -0.2) is 13.1 Å². The van der Waals surface area contributed by atoms with Gasteiger partial charge in [0.25, 0.3) is 0 Å². The minimum atomic E-state index is -0.144. The lowest BCUT2D eigenvalue weighted by atomic mass is 10.00. The fraction of sp³-hybridized carbons (Fsp3) is 0.562. The zero-order chi connectivity index (χ0) is 14.3. The summed E-state index contributed by atoms with van der Waals surface area (Å²) in [6.45, 7) is 4.35. The Bertz CT molecular complexity index is 384. The second-order valence-corrected chi connectivity index (χ2v) is 5.80. The van der Waals surface area contributed by atoms with Crippen molar-refractivity contribution in [3.05, 3.63) is 35.4 Å². The van der Waals surface area contributed by atoms with Gasteiger partial charge in [-0.2, -0.15) is 0 Å². The van der Waals surface area contributed by atoms with Crippen molar-refractivity contribution in [3.63, 3.8) is 0 Å². The lowest BCUT2D eigenvalue weighted by Gasteiger charge is -2.12. The maximum absolute atomic E-state index is 11.0. The van der Waals surface area contributed by atoms with Gasteiger partial charge in [-0.3, -0.25) is 4.79 Å². The molecule has 0 spiro atoms. The number of alkyl halides is 1. The van der Waals surface area contributed by atoms with Gasteiger partial charge in [-0.05, 0) is 36.3 Å². The van der Waals surface area contributed by atoms with Gasteiger partial charge in [0.05, 0.1) is 12.5 Å². The van der Waals surface area contributed by atoms with Crippen LogP contribution in [0.3, 0.4) is 0 Å². The van der Waals surface area contributed by atoms with Crippen molar-refractivity contribution in [2.45, 2.75) is 44.9 Å². The molecule has 0 aliphatic carbocycles. The predicted octanol–water partition coefficient (Wildman–Crippen LogP) is 4.51. The Hall–Kier alpha value is -1.02. The van der Waals surface area contributed by atoms with Crippen LogP contribution in [0.1, 0.15) is 49.6 Å². The Morgan fingerprint density at radius 3 is 2.42 bits per heavy atom. The molecule has 106 valence electrons. The van der Waals surface area contributed by atoms with Crippen LogP contribution >= 0.6 is 11.6 Å². The summed E-state index contributed by atoms with van der Waals surface area (Å²) in [4.78, 5) is 11.0. The zero-order valence-corrected chi connectivity index (χ0v) is 12.7. The third-order valence-electron chi connectivity index (χ3n) is 3.09. The van der Waals surface area contributed by atoms with Gasteiger partial charge in [0.1, 0.15) is 0 Å². The number of esters is 1. The monoisotopic (exact) mass is 282 g/mol. The van der Waals surface area contributed by atoms with E-state index < -0.39 is 0 Å². The molecule has 0 bridgehead atoms. The molecule has 0 heterocycles. The van der Waals surface area contributed by atoms with E-state index in [9.17, 15) is 4.79 Å². The maximum Gasteiger partial charge on any atom is 0.305 e. The van der Waals surface area contributed by atoms with Crippen LogP contribution in [0.2, 0.25) is 0 Å². The van der Waals surface area contributed by atoms with Crippen molar-refractivity contribution in [2.24, 2.45) is 5.92 Å². The van der Waals surface area contributed by atoms with Crippen LogP contribution in [0.25, 0.3) is 0 Å². The molecule has 0 saturated carbocycles. The fourth-order valence-corrected chi connectivity index (χ4v) is 2.48. The van der Waals surface area contributed by atoms with Crippen molar-refractivity contribution in [2.75, 3.05) is 7.11 Å². The normalized spacial score (nSPS) is 12.5. The van der Waals surface area contributed by atoms with Gasteiger partial charge in [-0.15, -0.1) is 11.6 Å². The van der Waals surface area contributed by atoms with E-state index >= 15 is 0 Å². The number of hydrogen-bond donors (Lipinski definition) is 0. The highest BCUT2D eigenvalue weighted by Gasteiger charge is 2.09. The van der Waals surface area contributed by atoms with Crippen LogP contribution in [0.15, 0.2) is 24.3 Å². The SMILES string of the molecule is COC(=O)CCCc1ccc(C(Cl)CC(C)C)cc1. The zero-order valence-electron chi connectivity index (χ0n) is 12.0. The first-order valence-corrected chi connectivity index (χ1v) is 7.26. The van der Waals surface area contributed by atoms with Crippen LogP contribution in [0, 0.1) is 5.92 Å². The second kappa shape index (κ2) is 8.21. The Morgan fingerprint density at radius 2 is 1.89 bits per heavy atom. The lowest BCUT2D eigenvalue weighted by molar-refractivity contribution is -0.140. The van der Waals surface area contributed by atoms with Gasteiger partial charge in [-0.1, -0.05) is 38.1 Å². The highest BCUT2D eigenvalue weighted by Crippen LogP contribution is 2.27. The van der Waals surface area contributed by atoms with Crippen molar-refractivity contribution in [1.29, 1.82) is 0 Å². The molecule has 1 atom stereocenters. The first kappa shape index (κ1) is 16.0. The summed E-state index contributed by atoms with van der Waals surface area (Å²) < 4.78 is 4.62. The third kappa shape index (κ3) is 6.11. The highest BCUT2D eigenvalue weighted by atomic mass is 35.5. The van der Waals surface area contributed by atoms with E-state index in [0.717, 1.165) is 19.3 Å². The molecule has 1 unspecified atom stereocenters. The van der Waals surface area contributed by atoms with E-state index in [1.165, 1.54) is 18.2 Å². The van der Waals surface area contributed by atoms with Gasteiger partial charge < -0.3 is 4.74 Å². The van der Waals surface area contributed by atoms with Gasteiger partial charge >= 0.3 is 5.97 Å². The van der Waals surface area contributed by atoms with Crippen molar-refractivity contribution < 1.29 is 9.53 Å². The molecule has 19 heavy (non-hydrogen) atoms. The number of benzene rings is 1. The minimum Gasteiger partial charge on any atom is -0.469 e. The molecule has 0 saturated heterocycles. The summed E-state index contributed by atoms with van der Waals surface area (Å²) in [7, 11) is 1.42. The summed E-state index contributed by atoms with van der Waals surface area (Å²) in [6, 6.07) is 8.38. The molecule has 1 aromatic rings. The summed E-state index contributed by atoms with van der Waals surface area (Å²) in [5, 5.41) is 0.0871. The summed E-state index contributed by atoms with van der Waals surface area (Å²) in [5.41, 5.74) is 2.41. The number of carbonyl (C=O) groups is 1. The smallest absolute Gasteiger partial charge is 0.305 e. The number of halogens is 1. The number of rotatable bonds is 7. The van der Waals surface area contributed by atoms with Gasteiger partial charge in [0.15, 0.2) is 0 Å². The summed E-state index contributed by atoms with van der Waals surface area (Å²) in [6.07, 6.45) is 3.18. The molecule has 0 fully saturated rings. The molecular weight excluding hydrogens is 260 g/mol. The van der Waals surface area contributed by atoms with E-state index in [1.54, 1.807) is 0 Å². The Kier molecular flexibility index (Phi) is 6.93. The Labute approximate surface area is 121 Å². The molecule has 2 nitrogen and oxygen atoms in total. The van der Waals surface area contributed by atoms with Crippen LogP contribution in [0.5, 0.6) is 0 Å².